The van der Waals surface area contributed by atoms with Gasteiger partial charge in [-0.3, -0.25) is 0 Å². The Balaban J connectivity index is 3.31. The van der Waals surface area contributed by atoms with E-state index in [1.807, 2.05) is 0 Å². The molecule has 0 heterocycles. The highest BCUT2D eigenvalue weighted by Gasteiger charge is 2.33. The van der Waals surface area contributed by atoms with Crippen molar-refractivity contribution in [1.29, 1.82) is 0 Å². The van der Waals surface area contributed by atoms with Crippen LogP contribution < -0.4 is 0 Å². The third kappa shape index (κ3) is 3.35. The molecule has 1 rings (SSSR count). The normalized spacial score (nSPS) is 10.4. The van der Waals surface area contributed by atoms with Crippen molar-refractivity contribution in [3.8, 4) is 11.8 Å². The molecule has 1 aromatic rings. The van der Waals surface area contributed by atoms with Crippen LogP contribution in [-0.4, -0.2) is 17.4 Å². The van der Waals surface area contributed by atoms with Gasteiger partial charge in [0.05, 0.1) is 17.5 Å². The third-order valence-corrected chi connectivity index (χ3v) is 1.98. The van der Waals surface area contributed by atoms with Gasteiger partial charge >= 0.3 is 12.1 Å². The van der Waals surface area contributed by atoms with Crippen molar-refractivity contribution >= 4 is 12.3 Å². The van der Waals surface area contributed by atoms with Crippen LogP contribution in [0, 0.1) is 11.8 Å². The summed E-state index contributed by atoms with van der Waals surface area (Å²) >= 11 is 0. The number of carbonyl (C=O) groups excluding carboxylic acids is 1. The van der Waals surface area contributed by atoms with Crippen LogP contribution in [0.4, 0.5) is 13.2 Å². The molecule has 0 aliphatic heterocycles. The van der Waals surface area contributed by atoms with Crippen molar-refractivity contribution in [3.05, 3.63) is 34.9 Å². The minimum atomic E-state index is -4.70. The Labute approximate surface area is 100 Å². The lowest BCUT2D eigenvalue weighted by molar-refractivity contribution is -0.137. The van der Waals surface area contributed by atoms with Crippen LogP contribution in [0.25, 0.3) is 0 Å². The lowest BCUT2D eigenvalue weighted by atomic mass is 10.0. The van der Waals surface area contributed by atoms with Gasteiger partial charge in [0, 0.05) is 5.56 Å². The number of carboxylic acids is 1. The van der Waals surface area contributed by atoms with Crippen LogP contribution in [0.2, 0.25) is 0 Å². The summed E-state index contributed by atoms with van der Waals surface area (Å²) in [6.45, 7) is 0. The predicted octanol–water partition coefficient (Wildman–Crippen LogP) is 2.34. The summed E-state index contributed by atoms with van der Waals surface area (Å²) < 4.78 is 38.0. The molecule has 18 heavy (non-hydrogen) atoms. The fourth-order valence-electron chi connectivity index (χ4n) is 1.21. The van der Waals surface area contributed by atoms with Gasteiger partial charge in [-0.05, 0) is 18.2 Å². The number of carbonyl (C=O) groups is 2. The van der Waals surface area contributed by atoms with E-state index in [2.05, 4.69) is 11.8 Å². The summed E-state index contributed by atoms with van der Waals surface area (Å²) in [6, 6.07) is 2.53. The van der Waals surface area contributed by atoms with E-state index < -0.39 is 23.3 Å². The first-order valence-electron chi connectivity index (χ1n) is 4.73. The second-order valence-corrected chi connectivity index (χ2v) is 3.24. The molecule has 0 spiro atoms. The zero-order chi connectivity index (χ0) is 13.8. The van der Waals surface area contributed by atoms with Crippen LogP contribution >= 0.6 is 0 Å². The van der Waals surface area contributed by atoms with E-state index in [1.165, 1.54) is 0 Å². The Hall–Kier alpha value is -2.29. The number of benzene rings is 1. The Morgan fingerprint density at radius 3 is 2.56 bits per heavy atom. The maximum Gasteiger partial charge on any atom is 0.417 e. The maximum atomic E-state index is 12.7. The molecule has 0 saturated carbocycles. The minimum Gasteiger partial charge on any atom is -0.478 e. The van der Waals surface area contributed by atoms with Gasteiger partial charge in [0.1, 0.15) is 6.29 Å². The Kier molecular flexibility index (Phi) is 4.10. The highest BCUT2D eigenvalue weighted by Crippen LogP contribution is 2.32. The number of aldehydes is 1. The Bertz CT molecular complexity index is 536. The van der Waals surface area contributed by atoms with Crippen molar-refractivity contribution in [2.75, 3.05) is 0 Å². The first kappa shape index (κ1) is 13.8. The molecule has 0 fully saturated rings. The molecule has 3 nitrogen and oxygen atoms in total. The number of aromatic carboxylic acids is 1. The molecular weight excluding hydrogens is 249 g/mol. The molecule has 94 valence electrons. The van der Waals surface area contributed by atoms with E-state index in [-0.39, 0.29) is 12.0 Å². The van der Waals surface area contributed by atoms with Crippen molar-refractivity contribution in [3.63, 3.8) is 0 Å². The van der Waals surface area contributed by atoms with Crippen LogP contribution in [0.5, 0.6) is 0 Å². The molecule has 1 N–H and O–H groups in total. The second kappa shape index (κ2) is 5.36. The third-order valence-electron chi connectivity index (χ3n) is 1.98. The van der Waals surface area contributed by atoms with Crippen molar-refractivity contribution in [2.45, 2.75) is 12.6 Å². The SMILES string of the molecule is O=CCC#Cc1ccc(C(=O)O)cc1C(F)(F)F. The van der Waals surface area contributed by atoms with Gasteiger partial charge in [-0.15, -0.1) is 0 Å². The summed E-state index contributed by atoms with van der Waals surface area (Å²) in [5.41, 5.74) is -1.95. The molecule has 0 unspecified atom stereocenters. The molecule has 0 aromatic heterocycles. The molecular formula is C12H7F3O3. The van der Waals surface area contributed by atoms with E-state index in [9.17, 15) is 22.8 Å². The van der Waals surface area contributed by atoms with Gasteiger partial charge in [0.2, 0.25) is 0 Å². The molecule has 6 heteroatoms. The Morgan fingerprint density at radius 1 is 1.39 bits per heavy atom. The molecule has 0 aliphatic rings. The first-order chi connectivity index (χ1) is 8.36. The van der Waals surface area contributed by atoms with Gasteiger partial charge < -0.3 is 9.90 Å². The fourth-order valence-corrected chi connectivity index (χ4v) is 1.21. The van der Waals surface area contributed by atoms with Crippen molar-refractivity contribution in [1.82, 2.24) is 0 Å². The topological polar surface area (TPSA) is 54.4 Å². The quantitative estimate of drug-likeness (QED) is 0.652. The van der Waals surface area contributed by atoms with Crippen LogP contribution in [0.3, 0.4) is 0 Å². The average Bonchev–Trinajstić information content (AvgIpc) is 2.28. The molecule has 1 aromatic carbocycles. The first-order valence-corrected chi connectivity index (χ1v) is 4.73. The van der Waals surface area contributed by atoms with Gasteiger partial charge in [0.15, 0.2) is 0 Å². The number of hydrogen-bond acceptors (Lipinski definition) is 2. The second-order valence-electron chi connectivity index (χ2n) is 3.24. The summed E-state index contributed by atoms with van der Waals surface area (Å²) in [5, 5.41) is 8.63. The van der Waals surface area contributed by atoms with E-state index in [0.717, 1.165) is 12.1 Å². The van der Waals surface area contributed by atoms with E-state index in [0.29, 0.717) is 12.4 Å². The number of hydrogen-bond donors (Lipinski definition) is 1. The van der Waals surface area contributed by atoms with Crippen molar-refractivity contribution < 1.29 is 27.9 Å². The largest absolute Gasteiger partial charge is 0.478 e. The van der Waals surface area contributed by atoms with Crippen molar-refractivity contribution in [2.24, 2.45) is 0 Å². The summed E-state index contributed by atoms with van der Waals surface area (Å²) in [4.78, 5) is 20.6. The zero-order valence-corrected chi connectivity index (χ0v) is 8.91. The molecule has 0 atom stereocenters. The number of carboxylic acid groups (broad SMARTS) is 1. The van der Waals surface area contributed by atoms with Crippen LogP contribution in [0.1, 0.15) is 27.9 Å². The molecule has 0 saturated heterocycles. The van der Waals surface area contributed by atoms with Gasteiger partial charge in [-0.1, -0.05) is 11.8 Å². The van der Waals surface area contributed by atoms with Gasteiger partial charge in [0.25, 0.3) is 0 Å². The standard InChI is InChI=1S/C12H7F3O3/c13-12(14,15)10-7-9(11(17)18)5-4-8(10)3-1-2-6-16/h4-7H,2H2,(H,17,18). The molecule has 0 radical (unpaired) electrons. The lowest BCUT2D eigenvalue weighted by Gasteiger charge is -2.09. The predicted molar refractivity (Wildman–Crippen MR) is 56.0 cm³/mol. The number of alkyl halides is 3. The van der Waals surface area contributed by atoms with Crippen LogP contribution in [-0.2, 0) is 11.0 Å². The summed E-state index contributed by atoms with van der Waals surface area (Å²) in [7, 11) is 0. The summed E-state index contributed by atoms with van der Waals surface area (Å²) in [6.07, 6.45) is -4.42. The number of halogens is 3. The molecule has 0 amide bonds. The highest BCUT2D eigenvalue weighted by atomic mass is 19.4. The van der Waals surface area contributed by atoms with Gasteiger partial charge in [-0.2, -0.15) is 13.2 Å². The van der Waals surface area contributed by atoms with Crippen LogP contribution in [0.15, 0.2) is 18.2 Å². The monoisotopic (exact) mass is 256 g/mol. The summed E-state index contributed by atoms with van der Waals surface area (Å²) in [5.74, 6) is 2.99. The van der Waals surface area contributed by atoms with E-state index >= 15 is 0 Å². The zero-order valence-electron chi connectivity index (χ0n) is 8.91. The highest BCUT2D eigenvalue weighted by molar-refractivity contribution is 5.88. The maximum absolute atomic E-state index is 12.7. The fraction of sp³-hybridized carbons (Fsp3) is 0.167. The average molecular weight is 256 g/mol. The smallest absolute Gasteiger partial charge is 0.417 e. The van der Waals surface area contributed by atoms with Gasteiger partial charge in [-0.25, -0.2) is 4.79 Å². The minimum absolute atomic E-state index is 0.183. The molecule has 0 aliphatic carbocycles. The van der Waals surface area contributed by atoms with E-state index in [1.54, 1.807) is 0 Å². The molecule has 0 bridgehead atoms. The lowest BCUT2D eigenvalue weighted by Crippen LogP contribution is -2.10. The number of rotatable bonds is 2. The van der Waals surface area contributed by atoms with E-state index in [4.69, 9.17) is 5.11 Å². The Morgan fingerprint density at radius 2 is 2.06 bits per heavy atom.